The maximum atomic E-state index is 12.4. The summed E-state index contributed by atoms with van der Waals surface area (Å²) in [6, 6.07) is 7.48. The zero-order valence-electron chi connectivity index (χ0n) is 13.3. The molecule has 1 aromatic heterocycles. The number of aryl methyl sites for hydroxylation is 1. The molecule has 0 radical (unpaired) electrons. The molecule has 0 spiro atoms. The minimum atomic E-state index is -0.0880. The largest absolute Gasteiger partial charge is 0.379 e. The third kappa shape index (κ3) is 3.41. The van der Waals surface area contributed by atoms with Gasteiger partial charge in [0.15, 0.2) is 0 Å². The lowest BCUT2D eigenvalue weighted by Crippen LogP contribution is -2.40. The number of carbonyl (C=O) groups is 1. The van der Waals surface area contributed by atoms with Gasteiger partial charge in [0.25, 0.3) is 5.91 Å². The van der Waals surface area contributed by atoms with Crippen LogP contribution in [0.3, 0.4) is 0 Å². The van der Waals surface area contributed by atoms with Crippen LogP contribution in [0.25, 0.3) is 5.69 Å². The standard InChI is InChI=1S/C17H20ClN3O2/c1-11-16(18)12(2)21(20-11)15-7-3-5-13(9-15)17(22)19-14-6-4-8-23-10-14/h3,5,7,9,14H,4,6,8,10H2,1-2H3,(H,19,22)/t14-/m0/s1. The molecule has 6 heteroatoms. The second kappa shape index (κ2) is 6.72. The van der Waals surface area contributed by atoms with E-state index < -0.39 is 0 Å². The van der Waals surface area contributed by atoms with Crippen molar-refractivity contribution < 1.29 is 9.53 Å². The summed E-state index contributed by atoms with van der Waals surface area (Å²) in [5.41, 5.74) is 3.07. The van der Waals surface area contributed by atoms with Crippen LogP contribution in [-0.4, -0.2) is 34.9 Å². The molecule has 5 nitrogen and oxygen atoms in total. The van der Waals surface area contributed by atoms with Crippen LogP contribution in [0.5, 0.6) is 0 Å². The van der Waals surface area contributed by atoms with Gasteiger partial charge in [-0.25, -0.2) is 4.68 Å². The third-order valence-corrected chi connectivity index (χ3v) is 4.60. The highest BCUT2D eigenvalue weighted by molar-refractivity contribution is 6.31. The van der Waals surface area contributed by atoms with E-state index in [1.54, 1.807) is 10.7 Å². The minimum absolute atomic E-state index is 0.0861. The van der Waals surface area contributed by atoms with Crippen LogP contribution >= 0.6 is 11.6 Å². The van der Waals surface area contributed by atoms with E-state index in [4.69, 9.17) is 16.3 Å². The Hall–Kier alpha value is -1.85. The van der Waals surface area contributed by atoms with Crippen molar-refractivity contribution in [2.45, 2.75) is 32.7 Å². The zero-order chi connectivity index (χ0) is 16.4. The number of halogens is 1. The second-order valence-electron chi connectivity index (χ2n) is 5.83. The van der Waals surface area contributed by atoms with Crippen molar-refractivity contribution in [3.63, 3.8) is 0 Å². The maximum Gasteiger partial charge on any atom is 0.251 e. The molecule has 122 valence electrons. The number of ether oxygens (including phenoxy) is 1. The van der Waals surface area contributed by atoms with E-state index in [-0.39, 0.29) is 11.9 Å². The minimum Gasteiger partial charge on any atom is -0.379 e. The molecule has 0 bridgehead atoms. The number of hydrogen-bond donors (Lipinski definition) is 1. The van der Waals surface area contributed by atoms with E-state index in [0.29, 0.717) is 17.2 Å². The highest BCUT2D eigenvalue weighted by atomic mass is 35.5. The van der Waals surface area contributed by atoms with Crippen molar-refractivity contribution in [1.29, 1.82) is 0 Å². The van der Waals surface area contributed by atoms with Crippen LogP contribution in [-0.2, 0) is 4.74 Å². The maximum absolute atomic E-state index is 12.4. The molecule has 1 aromatic carbocycles. The first kappa shape index (κ1) is 16.0. The summed E-state index contributed by atoms with van der Waals surface area (Å²) >= 11 is 6.20. The molecule has 1 atom stereocenters. The highest BCUT2D eigenvalue weighted by Crippen LogP contribution is 2.22. The Morgan fingerprint density at radius 1 is 1.43 bits per heavy atom. The van der Waals surface area contributed by atoms with Gasteiger partial charge in [0, 0.05) is 12.2 Å². The molecule has 1 amide bonds. The Kier molecular flexibility index (Phi) is 4.68. The second-order valence-corrected chi connectivity index (χ2v) is 6.21. The average molecular weight is 334 g/mol. The van der Waals surface area contributed by atoms with Crippen LogP contribution in [0.15, 0.2) is 24.3 Å². The van der Waals surface area contributed by atoms with E-state index in [2.05, 4.69) is 10.4 Å². The van der Waals surface area contributed by atoms with Crippen molar-refractivity contribution in [2.24, 2.45) is 0 Å². The zero-order valence-corrected chi connectivity index (χ0v) is 14.1. The monoisotopic (exact) mass is 333 g/mol. The highest BCUT2D eigenvalue weighted by Gasteiger charge is 2.18. The van der Waals surface area contributed by atoms with Gasteiger partial charge in [-0.1, -0.05) is 17.7 Å². The fourth-order valence-corrected chi connectivity index (χ4v) is 2.90. The molecule has 0 saturated carbocycles. The summed E-state index contributed by atoms with van der Waals surface area (Å²) in [4.78, 5) is 12.4. The quantitative estimate of drug-likeness (QED) is 0.939. The molecule has 1 aliphatic rings. The Balaban J connectivity index is 1.81. The van der Waals surface area contributed by atoms with Crippen LogP contribution in [0.1, 0.15) is 34.6 Å². The predicted molar refractivity (Wildman–Crippen MR) is 89.4 cm³/mol. The Bertz CT molecular complexity index is 721. The van der Waals surface area contributed by atoms with Crippen molar-refractivity contribution in [3.05, 3.63) is 46.2 Å². The first-order chi connectivity index (χ1) is 11.1. The van der Waals surface area contributed by atoms with Gasteiger partial charge in [-0.05, 0) is 44.9 Å². The van der Waals surface area contributed by atoms with Gasteiger partial charge >= 0.3 is 0 Å². The van der Waals surface area contributed by atoms with Gasteiger partial charge in [-0.15, -0.1) is 0 Å². The van der Waals surface area contributed by atoms with Gasteiger partial charge in [0.05, 0.1) is 34.7 Å². The van der Waals surface area contributed by atoms with Crippen LogP contribution in [0.2, 0.25) is 5.02 Å². The number of hydrogen-bond acceptors (Lipinski definition) is 3. The molecule has 3 rings (SSSR count). The Morgan fingerprint density at radius 2 is 2.26 bits per heavy atom. The van der Waals surface area contributed by atoms with Crippen molar-refractivity contribution >= 4 is 17.5 Å². The number of aromatic nitrogens is 2. The normalized spacial score (nSPS) is 18.0. The molecule has 0 unspecified atom stereocenters. The van der Waals surface area contributed by atoms with Crippen LogP contribution in [0, 0.1) is 13.8 Å². The van der Waals surface area contributed by atoms with Gasteiger partial charge in [0.2, 0.25) is 0 Å². The van der Waals surface area contributed by atoms with Crippen LogP contribution in [0.4, 0.5) is 0 Å². The topological polar surface area (TPSA) is 56.2 Å². The van der Waals surface area contributed by atoms with Crippen molar-refractivity contribution in [1.82, 2.24) is 15.1 Å². The average Bonchev–Trinajstić information content (AvgIpc) is 2.83. The van der Waals surface area contributed by atoms with Gasteiger partial charge in [-0.2, -0.15) is 5.10 Å². The number of nitrogens with zero attached hydrogens (tertiary/aromatic N) is 2. The number of carbonyl (C=O) groups excluding carboxylic acids is 1. The Morgan fingerprint density at radius 3 is 2.91 bits per heavy atom. The first-order valence-electron chi connectivity index (χ1n) is 7.77. The molecule has 23 heavy (non-hydrogen) atoms. The SMILES string of the molecule is Cc1nn(-c2cccc(C(=O)N[C@H]3CCCOC3)c2)c(C)c1Cl. The molecule has 2 aromatic rings. The number of benzene rings is 1. The lowest BCUT2D eigenvalue weighted by Gasteiger charge is -2.23. The summed E-state index contributed by atoms with van der Waals surface area (Å²) in [5.74, 6) is -0.0880. The molecule has 1 saturated heterocycles. The third-order valence-electron chi connectivity index (χ3n) is 4.05. The number of nitrogens with one attached hydrogen (secondary N) is 1. The van der Waals surface area contributed by atoms with E-state index in [0.717, 1.165) is 36.5 Å². The van der Waals surface area contributed by atoms with Gasteiger partial charge in [-0.3, -0.25) is 4.79 Å². The number of amides is 1. The number of rotatable bonds is 3. The first-order valence-corrected chi connectivity index (χ1v) is 8.15. The van der Waals surface area contributed by atoms with E-state index in [9.17, 15) is 4.79 Å². The van der Waals surface area contributed by atoms with Crippen molar-refractivity contribution in [3.8, 4) is 5.69 Å². The smallest absolute Gasteiger partial charge is 0.251 e. The molecule has 1 N–H and O–H groups in total. The molecule has 1 aliphatic heterocycles. The fourth-order valence-electron chi connectivity index (χ4n) is 2.78. The Labute approximate surface area is 140 Å². The summed E-state index contributed by atoms with van der Waals surface area (Å²) in [6.07, 6.45) is 1.94. The van der Waals surface area contributed by atoms with Crippen molar-refractivity contribution in [2.75, 3.05) is 13.2 Å². The van der Waals surface area contributed by atoms with Gasteiger partial charge < -0.3 is 10.1 Å². The molecular formula is C17H20ClN3O2. The lowest BCUT2D eigenvalue weighted by atomic mass is 10.1. The summed E-state index contributed by atoms with van der Waals surface area (Å²) in [7, 11) is 0. The lowest BCUT2D eigenvalue weighted by molar-refractivity contribution is 0.0624. The molecule has 2 heterocycles. The van der Waals surface area contributed by atoms with E-state index >= 15 is 0 Å². The summed E-state index contributed by atoms with van der Waals surface area (Å²) in [5, 5.41) is 8.11. The predicted octanol–water partition coefficient (Wildman–Crippen LogP) is 3.05. The molecular weight excluding hydrogens is 314 g/mol. The summed E-state index contributed by atoms with van der Waals surface area (Å²) < 4.78 is 7.16. The van der Waals surface area contributed by atoms with Gasteiger partial charge in [0.1, 0.15) is 0 Å². The van der Waals surface area contributed by atoms with Crippen LogP contribution < -0.4 is 5.32 Å². The van der Waals surface area contributed by atoms with E-state index in [1.165, 1.54) is 0 Å². The molecule has 1 fully saturated rings. The summed E-state index contributed by atoms with van der Waals surface area (Å²) in [6.45, 7) is 5.14. The van der Waals surface area contributed by atoms with E-state index in [1.807, 2.05) is 32.0 Å². The fraction of sp³-hybridized carbons (Fsp3) is 0.412. The molecule has 0 aliphatic carbocycles.